The Labute approximate surface area is 189 Å². The first-order valence-corrected chi connectivity index (χ1v) is 11.7. The number of fused-ring (bicyclic) bond motifs is 1. The van der Waals surface area contributed by atoms with Crippen LogP contribution in [0.3, 0.4) is 0 Å². The number of hydrogen-bond donors (Lipinski definition) is 1. The predicted octanol–water partition coefficient (Wildman–Crippen LogP) is 4.19. The van der Waals surface area contributed by atoms with Crippen molar-refractivity contribution in [2.24, 2.45) is 0 Å². The molecule has 2 aliphatic rings. The van der Waals surface area contributed by atoms with Crippen molar-refractivity contribution >= 4 is 16.8 Å². The highest BCUT2D eigenvalue weighted by atomic mass is 16.5. The zero-order chi connectivity index (χ0) is 22.1. The molecule has 1 spiro atoms. The van der Waals surface area contributed by atoms with Gasteiger partial charge in [0.05, 0.1) is 30.5 Å². The highest BCUT2D eigenvalue weighted by Gasteiger charge is 2.44. The average Bonchev–Trinajstić information content (AvgIpc) is 3.29. The number of carbonyl (C=O) groups is 1. The second kappa shape index (κ2) is 8.68. The summed E-state index contributed by atoms with van der Waals surface area (Å²) in [6.45, 7) is 9.24. The van der Waals surface area contributed by atoms with Gasteiger partial charge in [-0.2, -0.15) is 5.10 Å². The summed E-state index contributed by atoms with van der Waals surface area (Å²) >= 11 is 0. The van der Waals surface area contributed by atoms with Crippen LogP contribution in [0.5, 0.6) is 0 Å². The van der Waals surface area contributed by atoms with Crippen LogP contribution in [0.1, 0.15) is 54.1 Å². The topological polar surface area (TPSA) is 61.5 Å². The molecule has 5 rings (SSSR count). The summed E-state index contributed by atoms with van der Waals surface area (Å²) in [5.41, 5.74) is 4.21. The van der Waals surface area contributed by atoms with E-state index in [4.69, 9.17) is 4.74 Å². The van der Waals surface area contributed by atoms with E-state index in [1.165, 1.54) is 11.1 Å². The minimum absolute atomic E-state index is 0.106. The number of amides is 1. The first-order valence-electron chi connectivity index (χ1n) is 11.7. The Morgan fingerprint density at radius 2 is 1.91 bits per heavy atom. The quantitative estimate of drug-likeness (QED) is 0.671. The maximum absolute atomic E-state index is 13.5. The molecule has 2 saturated heterocycles. The molecule has 0 radical (unpaired) electrons. The molecule has 3 aromatic rings. The van der Waals surface area contributed by atoms with Crippen LogP contribution >= 0.6 is 0 Å². The number of nitrogens with zero attached hydrogens (tertiary/aromatic N) is 3. The second-order valence-corrected chi connectivity index (χ2v) is 9.58. The minimum atomic E-state index is -0.210. The number of hydrogen-bond acceptors (Lipinski definition) is 4. The number of H-pyrrole nitrogens is 1. The second-order valence-electron chi connectivity index (χ2n) is 9.58. The van der Waals surface area contributed by atoms with Gasteiger partial charge >= 0.3 is 0 Å². The Morgan fingerprint density at radius 3 is 2.66 bits per heavy atom. The standard InChI is InChI=1S/C26H32N4O2/c1-19(2)21-5-3-20(4-6-21)17-29-11-9-26(10-12-29)18-32-14-13-30(26)25(31)22-7-8-24-23(15-22)16-27-28-24/h3-8,15-16,19H,9-14,17-18H2,1-2H3,(H,27,28). The summed E-state index contributed by atoms with van der Waals surface area (Å²) in [6, 6.07) is 14.8. The molecule has 1 amide bonds. The van der Waals surface area contributed by atoms with Gasteiger partial charge in [-0.05, 0) is 48.1 Å². The number of rotatable bonds is 4. The molecule has 0 aliphatic carbocycles. The van der Waals surface area contributed by atoms with Crippen LogP contribution in [0.15, 0.2) is 48.7 Å². The van der Waals surface area contributed by atoms with Crippen LogP contribution in [-0.4, -0.2) is 64.3 Å². The van der Waals surface area contributed by atoms with Gasteiger partial charge in [-0.1, -0.05) is 38.1 Å². The van der Waals surface area contributed by atoms with Crippen molar-refractivity contribution in [2.45, 2.75) is 44.7 Å². The first kappa shape index (κ1) is 21.2. The third-order valence-electron chi connectivity index (χ3n) is 7.17. The normalized spacial score (nSPS) is 19.2. The lowest BCUT2D eigenvalue weighted by Crippen LogP contribution is -2.63. The summed E-state index contributed by atoms with van der Waals surface area (Å²) in [6.07, 6.45) is 3.65. The van der Waals surface area contributed by atoms with Crippen LogP contribution in [0.2, 0.25) is 0 Å². The van der Waals surface area contributed by atoms with E-state index in [1.54, 1.807) is 6.20 Å². The molecule has 2 aliphatic heterocycles. The molecular formula is C26H32N4O2. The van der Waals surface area contributed by atoms with Gasteiger partial charge in [0.1, 0.15) is 0 Å². The third-order valence-corrected chi connectivity index (χ3v) is 7.17. The number of morpholine rings is 1. The molecule has 2 fully saturated rings. The molecule has 0 unspecified atom stereocenters. The molecule has 3 heterocycles. The summed E-state index contributed by atoms with van der Waals surface area (Å²) < 4.78 is 5.90. The van der Waals surface area contributed by atoms with E-state index >= 15 is 0 Å². The van der Waals surface area contributed by atoms with Crippen LogP contribution in [0.25, 0.3) is 10.9 Å². The van der Waals surface area contributed by atoms with Crippen LogP contribution in [-0.2, 0) is 11.3 Å². The lowest BCUT2D eigenvalue weighted by Gasteiger charge is -2.51. The Hall–Kier alpha value is -2.70. The van der Waals surface area contributed by atoms with Crippen molar-refractivity contribution < 1.29 is 9.53 Å². The van der Waals surface area contributed by atoms with E-state index < -0.39 is 0 Å². The molecule has 0 bridgehead atoms. The lowest BCUT2D eigenvalue weighted by atomic mass is 9.84. The van der Waals surface area contributed by atoms with Gasteiger partial charge in [0.2, 0.25) is 0 Å². The van der Waals surface area contributed by atoms with Crippen LogP contribution in [0, 0.1) is 0 Å². The first-order chi connectivity index (χ1) is 15.5. The lowest BCUT2D eigenvalue weighted by molar-refractivity contribution is -0.0784. The summed E-state index contributed by atoms with van der Waals surface area (Å²) in [7, 11) is 0. The van der Waals surface area contributed by atoms with E-state index in [1.807, 2.05) is 18.2 Å². The third kappa shape index (κ3) is 4.05. The Balaban J connectivity index is 1.28. The van der Waals surface area contributed by atoms with Gasteiger partial charge in [-0.15, -0.1) is 0 Å². The Kier molecular flexibility index (Phi) is 5.74. The number of benzene rings is 2. The maximum Gasteiger partial charge on any atom is 0.254 e. The Morgan fingerprint density at radius 1 is 1.12 bits per heavy atom. The molecule has 6 heteroatoms. The summed E-state index contributed by atoms with van der Waals surface area (Å²) in [5, 5.41) is 8.00. The average molecular weight is 433 g/mol. The fraction of sp³-hybridized carbons (Fsp3) is 0.462. The molecule has 1 N–H and O–H groups in total. The van der Waals surface area contributed by atoms with Gasteiger partial charge < -0.3 is 9.64 Å². The van der Waals surface area contributed by atoms with Crippen molar-refractivity contribution in [3.05, 3.63) is 65.4 Å². The monoisotopic (exact) mass is 432 g/mol. The molecule has 6 nitrogen and oxygen atoms in total. The predicted molar refractivity (Wildman–Crippen MR) is 126 cm³/mol. The van der Waals surface area contributed by atoms with Crippen molar-refractivity contribution in [3.63, 3.8) is 0 Å². The van der Waals surface area contributed by atoms with Crippen molar-refractivity contribution in [1.29, 1.82) is 0 Å². The van der Waals surface area contributed by atoms with E-state index in [0.717, 1.165) is 48.9 Å². The van der Waals surface area contributed by atoms with Gasteiger partial charge in [0.25, 0.3) is 5.91 Å². The fourth-order valence-corrected chi connectivity index (χ4v) is 5.09. The highest BCUT2D eigenvalue weighted by Crippen LogP contribution is 2.34. The number of carbonyl (C=O) groups excluding carboxylic acids is 1. The van der Waals surface area contributed by atoms with Crippen molar-refractivity contribution in [2.75, 3.05) is 32.8 Å². The van der Waals surface area contributed by atoms with Crippen molar-refractivity contribution in [1.82, 2.24) is 20.0 Å². The molecule has 0 saturated carbocycles. The number of piperidine rings is 1. The fourth-order valence-electron chi connectivity index (χ4n) is 5.09. The molecule has 0 atom stereocenters. The van der Waals surface area contributed by atoms with E-state index in [2.05, 4.69) is 58.1 Å². The number of aromatic nitrogens is 2. The number of aromatic amines is 1. The largest absolute Gasteiger partial charge is 0.377 e. The number of likely N-dealkylation sites (tertiary alicyclic amines) is 1. The molecule has 32 heavy (non-hydrogen) atoms. The highest BCUT2D eigenvalue weighted by molar-refractivity contribution is 5.98. The molecular weight excluding hydrogens is 400 g/mol. The zero-order valence-corrected chi connectivity index (χ0v) is 19.0. The molecule has 2 aromatic carbocycles. The van der Waals surface area contributed by atoms with E-state index in [-0.39, 0.29) is 11.4 Å². The SMILES string of the molecule is CC(C)c1ccc(CN2CCC3(CC2)COCCN3C(=O)c2ccc3[nH]ncc3c2)cc1. The minimum Gasteiger partial charge on any atom is -0.377 e. The van der Waals surface area contributed by atoms with Crippen molar-refractivity contribution in [3.8, 4) is 0 Å². The summed E-state index contributed by atoms with van der Waals surface area (Å²) in [5.74, 6) is 0.664. The zero-order valence-electron chi connectivity index (χ0n) is 19.0. The van der Waals surface area contributed by atoms with Crippen LogP contribution in [0.4, 0.5) is 0 Å². The van der Waals surface area contributed by atoms with Crippen LogP contribution < -0.4 is 0 Å². The smallest absolute Gasteiger partial charge is 0.254 e. The van der Waals surface area contributed by atoms with E-state index in [0.29, 0.717) is 25.7 Å². The maximum atomic E-state index is 13.5. The molecule has 168 valence electrons. The van der Waals surface area contributed by atoms with Gasteiger partial charge in [0, 0.05) is 37.1 Å². The number of ether oxygens (including phenoxy) is 1. The molecule has 1 aromatic heterocycles. The summed E-state index contributed by atoms with van der Waals surface area (Å²) in [4.78, 5) is 18.1. The Bertz CT molecular complexity index is 1080. The van der Waals surface area contributed by atoms with Gasteiger partial charge in [-0.25, -0.2) is 0 Å². The van der Waals surface area contributed by atoms with Gasteiger partial charge in [0.15, 0.2) is 0 Å². The number of nitrogens with one attached hydrogen (secondary N) is 1. The van der Waals surface area contributed by atoms with E-state index in [9.17, 15) is 4.79 Å². The van der Waals surface area contributed by atoms with Gasteiger partial charge in [-0.3, -0.25) is 14.8 Å².